The Hall–Kier alpha value is -2.06. The molecule has 3 nitrogen and oxygen atoms in total. The van der Waals surface area contributed by atoms with E-state index in [1.807, 2.05) is 0 Å². The van der Waals surface area contributed by atoms with E-state index in [0.717, 1.165) is 12.3 Å². The first-order chi connectivity index (χ1) is 8.81. The van der Waals surface area contributed by atoms with Crippen LogP contribution in [0.25, 0.3) is 0 Å². The van der Waals surface area contributed by atoms with E-state index in [9.17, 15) is 17.6 Å². The van der Waals surface area contributed by atoms with Crippen LogP contribution >= 0.6 is 15.9 Å². The molecule has 0 bridgehead atoms. The molecule has 0 aliphatic heterocycles. The normalized spacial score (nSPS) is 10.3. The zero-order valence-electron chi connectivity index (χ0n) is 9.02. The molecule has 1 rings (SSSR count). The molecule has 0 aliphatic carbocycles. The number of allylic oxidation sites excluding steroid dienone is 1. The molecule has 1 aromatic carbocycles. The van der Waals surface area contributed by atoms with E-state index >= 15 is 0 Å². The quantitative estimate of drug-likeness (QED) is 0.658. The Morgan fingerprint density at radius 2 is 1.84 bits per heavy atom. The lowest BCUT2D eigenvalue weighted by Crippen LogP contribution is -2.10. The summed E-state index contributed by atoms with van der Waals surface area (Å²) in [7, 11) is 0. The predicted molar refractivity (Wildman–Crippen MR) is 62.0 cm³/mol. The Balaban J connectivity index is 3.24. The van der Waals surface area contributed by atoms with Gasteiger partial charge in [-0.1, -0.05) is 0 Å². The van der Waals surface area contributed by atoms with Crippen LogP contribution in [-0.2, 0) is 6.18 Å². The summed E-state index contributed by atoms with van der Waals surface area (Å²) in [6, 6.07) is 4.74. The first kappa shape index (κ1) is 15.0. The van der Waals surface area contributed by atoms with Crippen LogP contribution in [0.4, 0.5) is 23.2 Å². The van der Waals surface area contributed by atoms with Crippen molar-refractivity contribution in [3.63, 3.8) is 0 Å². The number of alkyl halides is 3. The number of hydrogen-bond donors (Lipinski definition) is 1. The maximum atomic E-state index is 13.2. The number of nitriles is 2. The van der Waals surface area contributed by atoms with Crippen molar-refractivity contribution in [3.8, 4) is 12.1 Å². The van der Waals surface area contributed by atoms with Crippen LogP contribution in [0.1, 0.15) is 5.56 Å². The maximum Gasteiger partial charge on any atom is 0.420 e. The lowest BCUT2D eigenvalue weighted by molar-refractivity contribution is -0.140. The topological polar surface area (TPSA) is 59.6 Å². The molecular weight excluding hydrogens is 330 g/mol. The molecular formula is C11H4BrF4N3. The zero-order chi connectivity index (χ0) is 14.6. The monoisotopic (exact) mass is 333 g/mol. The van der Waals surface area contributed by atoms with Crippen LogP contribution in [-0.4, -0.2) is 0 Å². The van der Waals surface area contributed by atoms with Crippen molar-refractivity contribution in [1.82, 2.24) is 0 Å². The van der Waals surface area contributed by atoms with Crippen molar-refractivity contribution in [2.45, 2.75) is 6.18 Å². The van der Waals surface area contributed by atoms with E-state index in [1.165, 1.54) is 12.1 Å². The summed E-state index contributed by atoms with van der Waals surface area (Å²) >= 11 is 2.64. The van der Waals surface area contributed by atoms with E-state index in [0.29, 0.717) is 6.07 Å². The number of rotatable bonds is 2. The maximum absolute atomic E-state index is 13.2. The summed E-state index contributed by atoms with van der Waals surface area (Å²) in [5.74, 6) is -1.42. The number of nitrogens with zero attached hydrogens (tertiary/aromatic N) is 2. The molecule has 0 radical (unpaired) electrons. The summed E-state index contributed by atoms with van der Waals surface area (Å²) in [5.41, 5.74) is -1.90. The van der Waals surface area contributed by atoms with Crippen molar-refractivity contribution >= 4 is 21.6 Å². The smallest absolute Gasteiger partial charge is 0.359 e. The van der Waals surface area contributed by atoms with E-state index < -0.39 is 22.0 Å². The van der Waals surface area contributed by atoms with Crippen molar-refractivity contribution in [2.75, 3.05) is 5.32 Å². The first-order valence-electron chi connectivity index (χ1n) is 4.63. The molecule has 0 atom stereocenters. The zero-order valence-corrected chi connectivity index (χ0v) is 10.6. The lowest BCUT2D eigenvalue weighted by Gasteiger charge is -2.13. The second kappa shape index (κ2) is 5.72. The van der Waals surface area contributed by atoms with Gasteiger partial charge in [-0.05, 0) is 28.1 Å². The highest BCUT2D eigenvalue weighted by atomic mass is 79.9. The molecule has 0 saturated heterocycles. The molecule has 98 valence electrons. The van der Waals surface area contributed by atoms with Crippen LogP contribution in [0, 0.1) is 28.5 Å². The molecule has 0 unspecified atom stereocenters. The minimum absolute atomic E-state index is 0.114. The Bertz CT molecular complexity index is 592. The predicted octanol–water partition coefficient (Wildman–Crippen LogP) is 3.95. The molecule has 0 aromatic heterocycles. The van der Waals surface area contributed by atoms with Gasteiger partial charge in [0.25, 0.3) is 0 Å². The average Bonchev–Trinajstić information content (AvgIpc) is 2.31. The fraction of sp³-hybridized carbons (Fsp3) is 0.0909. The van der Waals surface area contributed by atoms with E-state index in [1.54, 1.807) is 0 Å². The third-order valence-electron chi connectivity index (χ3n) is 1.99. The highest BCUT2D eigenvalue weighted by Gasteiger charge is 2.37. The van der Waals surface area contributed by atoms with E-state index in [4.69, 9.17) is 10.5 Å². The molecule has 1 N–H and O–H groups in total. The van der Waals surface area contributed by atoms with Gasteiger partial charge in [0.15, 0.2) is 0 Å². The molecule has 8 heteroatoms. The summed E-state index contributed by atoms with van der Waals surface area (Å²) in [4.78, 5) is 0. The van der Waals surface area contributed by atoms with Gasteiger partial charge in [-0.2, -0.15) is 23.7 Å². The third kappa shape index (κ3) is 3.46. The van der Waals surface area contributed by atoms with Gasteiger partial charge < -0.3 is 5.32 Å². The second-order valence-electron chi connectivity index (χ2n) is 3.21. The third-order valence-corrected chi connectivity index (χ3v) is 2.81. The van der Waals surface area contributed by atoms with Gasteiger partial charge in [0.05, 0.1) is 10.2 Å². The number of nitrogens with one attached hydrogen (secondary N) is 1. The van der Waals surface area contributed by atoms with Gasteiger partial charge >= 0.3 is 6.18 Å². The Kier molecular flexibility index (Phi) is 4.52. The molecule has 0 amide bonds. The first-order valence-corrected chi connectivity index (χ1v) is 5.42. The molecule has 19 heavy (non-hydrogen) atoms. The largest absolute Gasteiger partial charge is 0.420 e. The number of anilines is 1. The molecule has 0 spiro atoms. The van der Waals surface area contributed by atoms with E-state index in [2.05, 4.69) is 21.2 Å². The second-order valence-corrected chi connectivity index (χ2v) is 4.00. The lowest BCUT2D eigenvalue weighted by atomic mass is 10.2. The van der Waals surface area contributed by atoms with Crippen LogP contribution < -0.4 is 5.32 Å². The van der Waals surface area contributed by atoms with Crippen molar-refractivity contribution in [1.29, 1.82) is 10.5 Å². The number of benzene rings is 1. The summed E-state index contributed by atoms with van der Waals surface area (Å²) in [6.45, 7) is 0. The number of halogens is 5. The Morgan fingerprint density at radius 1 is 1.26 bits per heavy atom. The summed E-state index contributed by atoms with van der Waals surface area (Å²) < 4.78 is 50.4. The van der Waals surface area contributed by atoms with Crippen LogP contribution in [0.15, 0.2) is 28.4 Å². The molecule has 0 fully saturated rings. The van der Waals surface area contributed by atoms with Gasteiger partial charge in [-0.3, -0.25) is 0 Å². The highest BCUT2D eigenvalue weighted by Crippen LogP contribution is 2.40. The van der Waals surface area contributed by atoms with Crippen molar-refractivity contribution < 1.29 is 17.6 Å². The van der Waals surface area contributed by atoms with Crippen LogP contribution in [0.5, 0.6) is 0 Å². The minimum atomic E-state index is -4.86. The summed E-state index contributed by atoms with van der Waals surface area (Å²) in [5, 5.41) is 19.3. The molecule has 1 aromatic rings. The highest BCUT2D eigenvalue weighted by molar-refractivity contribution is 9.10. The fourth-order valence-electron chi connectivity index (χ4n) is 1.16. The van der Waals surface area contributed by atoms with Crippen molar-refractivity contribution in [3.05, 3.63) is 39.8 Å². The van der Waals surface area contributed by atoms with Gasteiger partial charge in [0, 0.05) is 6.20 Å². The minimum Gasteiger partial charge on any atom is -0.359 e. The molecule has 0 heterocycles. The van der Waals surface area contributed by atoms with Gasteiger partial charge in [-0.15, -0.1) is 0 Å². The number of hydrogen-bond acceptors (Lipinski definition) is 3. The van der Waals surface area contributed by atoms with E-state index in [-0.39, 0.29) is 11.3 Å². The van der Waals surface area contributed by atoms with Crippen molar-refractivity contribution in [2.24, 2.45) is 0 Å². The van der Waals surface area contributed by atoms with Gasteiger partial charge in [-0.25, -0.2) is 4.39 Å². The fourth-order valence-corrected chi connectivity index (χ4v) is 1.82. The van der Waals surface area contributed by atoms with Crippen LogP contribution in [0.3, 0.4) is 0 Å². The summed E-state index contributed by atoms with van der Waals surface area (Å²) in [6.07, 6.45) is -3.93. The Morgan fingerprint density at radius 3 is 2.32 bits per heavy atom. The van der Waals surface area contributed by atoms with Gasteiger partial charge in [0.1, 0.15) is 29.1 Å². The van der Waals surface area contributed by atoms with Gasteiger partial charge in [0.2, 0.25) is 0 Å². The standard InChI is InChI=1S/C11H4BrF4N3/c12-10-8(19-5-6(3-17)4-18)2-1-7(13)9(10)11(14,15)16/h1-2,5,19H. The van der Waals surface area contributed by atoms with Crippen LogP contribution in [0.2, 0.25) is 0 Å². The molecule has 0 aliphatic rings. The average molecular weight is 334 g/mol. The SMILES string of the molecule is N#CC(C#N)=CNc1ccc(F)c(C(F)(F)F)c1Br. The Labute approximate surface area is 113 Å². The molecule has 0 saturated carbocycles.